The van der Waals surface area contributed by atoms with Crippen molar-refractivity contribution in [3.05, 3.63) is 6.92 Å². The van der Waals surface area contributed by atoms with Crippen LogP contribution in [0.2, 0.25) is 0 Å². The van der Waals surface area contributed by atoms with Crippen molar-refractivity contribution in [2.24, 2.45) is 0 Å². The van der Waals surface area contributed by atoms with Crippen LogP contribution < -0.4 is 10.9 Å². The standard InChI is InChI=1S/C4H9N2/c1-4-2-3-5-6-4/h4-6H,1-3H2. The zero-order valence-corrected chi connectivity index (χ0v) is 3.70. The Hall–Kier alpha value is -0.0800. The van der Waals surface area contributed by atoms with Crippen LogP contribution in [-0.4, -0.2) is 12.6 Å². The smallest absolute Gasteiger partial charge is 0.0226 e. The first-order valence-electron chi connectivity index (χ1n) is 2.21. The lowest BCUT2D eigenvalue weighted by molar-refractivity contribution is 0.629. The Bertz CT molecular complexity index is 38.8. The lowest BCUT2D eigenvalue weighted by Gasteiger charge is -1.94. The van der Waals surface area contributed by atoms with Crippen LogP contribution in [0.15, 0.2) is 0 Å². The average Bonchev–Trinajstić information content (AvgIpc) is 1.86. The van der Waals surface area contributed by atoms with Gasteiger partial charge in [0, 0.05) is 12.6 Å². The van der Waals surface area contributed by atoms with Crippen molar-refractivity contribution in [2.45, 2.75) is 12.5 Å². The van der Waals surface area contributed by atoms with E-state index in [4.69, 9.17) is 0 Å². The van der Waals surface area contributed by atoms with Gasteiger partial charge >= 0.3 is 0 Å². The summed E-state index contributed by atoms with van der Waals surface area (Å²) in [5.74, 6) is 0. The lowest BCUT2D eigenvalue weighted by Crippen LogP contribution is -2.27. The third-order valence-corrected chi connectivity index (χ3v) is 0.924. The Labute approximate surface area is 37.9 Å². The number of hydrazine groups is 1. The van der Waals surface area contributed by atoms with Crippen molar-refractivity contribution < 1.29 is 0 Å². The highest BCUT2D eigenvalue weighted by molar-refractivity contribution is 4.72. The summed E-state index contributed by atoms with van der Waals surface area (Å²) in [5.41, 5.74) is 5.92. The molecule has 2 heteroatoms. The van der Waals surface area contributed by atoms with Crippen molar-refractivity contribution in [1.29, 1.82) is 0 Å². The highest BCUT2D eigenvalue weighted by Gasteiger charge is 2.04. The molecule has 0 aromatic carbocycles. The molecule has 2 N–H and O–H groups in total. The zero-order valence-electron chi connectivity index (χ0n) is 3.70. The molecule has 1 atom stereocenters. The molecule has 2 nitrogen and oxygen atoms in total. The van der Waals surface area contributed by atoms with E-state index in [9.17, 15) is 0 Å². The predicted molar refractivity (Wildman–Crippen MR) is 24.9 cm³/mol. The molecule has 35 valence electrons. The van der Waals surface area contributed by atoms with Gasteiger partial charge in [0.1, 0.15) is 0 Å². The molecule has 1 rings (SSSR count). The van der Waals surface area contributed by atoms with Gasteiger partial charge in [-0.15, -0.1) is 0 Å². The van der Waals surface area contributed by atoms with E-state index in [1.165, 1.54) is 0 Å². The first kappa shape index (κ1) is 4.09. The summed E-state index contributed by atoms with van der Waals surface area (Å²) < 4.78 is 0. The minimum absolute atomic E-state index is 0.435. The molecule has 1 radical (unpaired) electrons. The summed E-state index contributed by atoms with van der Waals surface area (Å²) in [5, 5.41) is 0. The van der Waals surface area contributed by atoms with Crippen LogP contribution in [0.1, 0.15) is 6.42 Å². The predicted octanol–water partition coefficient (Wildman–Crippen LogP) is -0.313. The fourth-order valence-electron chi connectivity index (χ4n) is 0.535. The number of nitrogens with one attached hydrogen (secondary N) is 2. The van der Waals surface area contributed by atoms with E-state index in [1.807, 2.05) is 0 Å². The van der Waals surface area contributed by atoms with Gasteiger partial charge in [0.25, 0.3) is 0 Å². The molecular weight excluding hydrogens is 76.1 g/mol. The largest absolute Gasteiger partial charge is 0.258 e. The minimum atomic E-state index is 0.435. The molecule has 1 heterocycles. The van der Waals surface area contributed by atoms with E-state index in [2.05, 4.69) is 17.8 Å². The van der Waals surface area contributed by atoms with Gasteiger partial charge in [0.15, 0.2) is 0 Å². The molecule has 1 saturated heterocycles. The van der Waals surface area contributed by atoms with E-state index in [0.717, 1.165) is 13.0 Å². The topological polar surface area (TPSA) is 24.1 Å². The van der Waals surface area contributed by atoms with Crippen LogP contribution in [0.4, 0.5) is 0 Å². The van der Waals surface area contributed by atoms with E-state index in [-0.39, 0.29) is 0 Å². The van der Waals surface area contributed by atoms with Crippen molar-refractivity contribution in [2.75, 3.05) is 6.54 Å². The van der Waals surface area contributed by atoms with Gasteiger partial charge in [-0.1, -0.05) is 0 Å². The van der Waals surface area contributed by atoms with Crippen LogP contribution >= 0.6 is 0 Å². The van der Waals surface area contributed by atoms with Gasteiger partial charge in [-0.3, -0.25) is 10.9 Å². The van der Waals surface area contributed by atoms with E-state index in [1.54, 1.807) is 0 Å². The molecular formula is C4H9N2. The van der Waals surface area contributed by atoms with E-state index < -0.39 is 0 Å². The number of rotatable bonds is 0. The summed E-state index contributed by atoms with van der Waals surface area (Å²) in [4.78, 5) is 0. The molecule has 1 fully saturated rings. The van der Waals surface area contributed by atoms with Gasteiger partial charge < -0.3 is 0 Å². The Balaban J connectivity index is 2.18. The average molecular weight is 85.1 g/mol. The summed E-state index contributed by atoms with van der Waals surface area (Å²) in [6.07, 6.45) is 1.15. The highest BCUT2D eigenvalue weighted by Crippen LogP contribution is 1.89. The van der Waals surface area contributed by atoms with Crippen molar-refractivity contribution in [3.8, 4) is 0 Å². The molecule has 0 aromatic heterocycles. The highest BCUT2D eigenvalue weighted by atomic mass is 15.4. The zero-order chi connectivity index (χ0) is 4.41. The maximum Gasteiger partial charge on any atom is 0.0226 e. The summed E-state index contributed by atoms with van der Waals surface area (Å²) >= 11 is 0. The first-order chi connectivity index (χ1) is 2.89. The van der Waals surface area contributed by atoms with Gasteiger partial charge in [0.05, 0.1) is 0 Å². The van der Waals surface area contributed by atoms with Gasteiger partial charge in [-0.25, -0.2) is 0 Å². The fourth-order valence-corrected chi connectivity index (χ4v) is 0.535. The molecule has 6 heavy (non-hydrogen) atoms. The summed E-state index contributed by atoms with van der Waals surface area (Å²) in [6.45, 7) is 4.83. The maximum atomic E-state index is 3.76. The second-order valence-corrected chi connectivity index (χ2v) is 1.56. The number of hydrogen-bond acceptors (Lipinski definition) is 2. The quantitative estimate of drug-likeness (QED) is 0.421. The fraction of sp³-hybridized carbons (Fsp3) is 0.750. The van der Waals surface area contributed by atoms with Gasteiger partial charge in [0.2, 0.25) is 0 Å². The number of hydrogen-bond donors (Lipinski definition) is 2. The van der Waals surface area contributed by atoms with Crippen molar-refractivity contribution >= 4 is 0 Å². The Kier molecular flexibility index (Phi) is 1.08. The van der Waals surface area contributed by atoms with E-state index >= 15 is 0 Å². The SMILES string of the molecule is [CH2]C1CCNN1. The lowest BCUT2D eigenvalue weighted by atomic mass is 10.3. The molecule has 0 amide bonds. The van der Waals surface area contributed by atoms with Crippen molar-refractivity contribution in [1.82, 2.24) is 10.9 Å². The Morgan fingerprint density at radius 2 is 2.50 bits per heavy atom. The summed E-state index contributed by atoms with van der Waals surface area (Å²) in [6, 6.07) is 0.435. The monoisotopic (exact) mass is 85.1 g/mol. The second-order valence-electron chi connectivity index (χ2n) is 1.56. The molecule has 0 spiro atoms. The normalized spacial score (nSPS) is 34.5. The molecule has 1 unspecified atom stereocenters. The van der Waals surface area contributed by atoms with Gasteiger partial charge in [-0.05, 0) is 13.3 Å². The third kappa shape index (κ3) is 0.698. The maximum absolute atomic E-state index is 3.76. The Morgan fingerprint density at radius 3 is 2.67 bits per heavy atom. The minimum Gasteiger partial charge on any atom is -0.258 e. The molecule has 0 aromatic rings. The van der Waals surface area contributed by atoms with Crippen molar-refractivity contribution in [3.63, 3.8) is 0 Å². The summed E-state index contributed by atoms with van der Waals surface area (Å²) in [7, 11) is 0. The molecule has 0 bridgehead atoms. The van der Waals surface area contributed by atoms with E-state index in [0.29, 0.717) is 6.04 Å². The van der Waals surface area contributed by atoms with Crippen LogP contribution in [0, 0.1) is 6.92 Å². The van der Waals surface area contributed by atoms with Gasteiger partial charge in [-0.2, -0.15) is 0 Å². The molecule has 1 aliphatic rings. The van der Waals surface area contributed by atoms with Crippen LogP contribution in [0.3, 0.4) is 0 Å². The molecule has 1 aliphatic heterocycles. The van der Waals surface area contributed by atoms with Crippen LogP contribution in [-0.2, 0) is 0 Å². The molecule has 0 saturated carbocycles. The first-order valence-corrected chi connectivity index (χ1v) is 2.21. The Morgan fingerprint density at radius 1 is 1.67 bits per heavy atom. The van der Waals surface area contributed by atoms with Crippen LogP contribution in [0.25, 0.3) is 0 Å². The van der Waals surface area contributed by atoms with Crippen LogP contribution in [0.5, 0.6) is 0 Å². The third-order valence-electron chi connectivity index (χ3n) is 0.924. The molecule has 0 aliphatic carbocycles. The second kappa shape index (κ2) is 1.58.